The van der Waals surface area contributed by atoms with Crippen LogP contribution in [0.15, 0.2) is 28.1 Å². The summed E-state index contributed by atoms with van der Waals surface area (Å²) in [5.74, 6) is 0.0327. The molecule has 2 heterocycles. The van der Waals surface area contributed by atoms with E-state index in [-0.39, 0.29) is 6.04 Å². The van der Waals surface area contributed by atoms with E-state index in [1.165, 1.54) is 0 Å². The van der Waals surface area contributed by atoms with Gasteiger partial charge < -0.3 is 9.84 Å². The number of benzene rings is 1. The molecule has 122 valence electrons. The fraction of sp³-hybridized carbons (Fsp3) is 0.375. The van der Waals surface area contributed by atoms with Crippen LogP contribution >= 0.6 is 27.3 Å². The first-order valence-corrected chi connectivity index (χ1v) is 9.01. The molecule has 23 heavy (non-hydrogen) atoms. The summed E-state index contributed by atoms with van der Waals surface area (Å²) in [7, 11) is 1.64. The van der Waals surface area contributed by atoms with Crippen LogP contribution in [0.25, 0.3) is 10.6 Å². The molecule has 0 bridgehead atoms. The molecule has 1 fully saturated rings. The van der Waals surface area contributed by atoms with Crippen molar-refractivity contribution in [3.05, 3.63) is 33.7 Å². The molecule has 1 aromatic carbocycles. The third-order valence-corrected chi connectivity index (χ3v) is 5.38. The van der Waals surface area contributed by atoms with Crippen molar-refractivity contribution in [2.24, 2.45) is 0 Å². The molecule has 2 aromatic rings. The zero-order valence-electron chi connectivity index (χ0n) is 12.7. The van der Waals surface area contributed by atoms with Crippen LogP contribution in [0.5, 0.6) is 5.75 Å². The maximum Gasteiger partial charge on any atom is 0.320 e. The lowest BCUT2D eigenvalue weighted by Gasteiger charge is -2.19. The number of ether oxygens (including phenoxy) is 1. The molecular formula is C16H17BrN2O3S. The highest BCUT2D eigenvalue weighted by atomic mass is 79.9. The van der Waals surface area contributed by atoms with E-state index in [1.807, 2.05) is 28.5 Å². The number of carboxylic acid groups (broad SMARTS) is 1. The molecule has 0 saturated carbocycles. The lowest BCUT2D eigenvalue weighted by Crippen LogP contribution is -2.35. The minimum Gasteiger partial charge on any atom is -0.496 e. The van der Waals surface area contributed by atoms with Gasteiger partial charge in [-0.2, -0.15) is 0 Å². The van der Waals surface area contributed by atoms with E-state index in [9.17, 15) is 9.90 Å². The van der Waals surface area contributed by atoms with Gasteiger partial charge >= 0.3 is 5.97 Å². The van der Waals surface area contributed by atoms with Gasteiger partial charge in [0.15, 0.2) is 0 Å². The van der Waals surface area contributed by atoms with Gasteiger partial charge in [-0.15, -0.1) is 11.3 Å². The number of aromatic nitrogens is 1. The summed E-state index contributed by atoms with van der Waals surface area (Å²) in [5.41, 5.74) is 1.84. The Hall–Kier alpha value is -1.44. The Labute approximate surface area is 147 Å². The molecule has 1 N–H and O–H groups in total. The number of thiazole rings is 1. The maximum atomic E-state index is 11.3. The number of carbonyl (C=O) groups is 1. The van der Waals surface area contributed by atoms with Gasteiger partial charge in [-0.3, -0.25) is 9.69 Å². The van der Waals surface area contributed by atoms with Crippen molar-refractivity contribution in [3.63, 3.8) is 0 Å². The van der Waals surface area contributed by atoms with Gasteiger partial charge in [0.1, 0.15) is 16.8 Å². The van der Waals surface area contributed by atoms with Gasteiger partial charge in [-0.05, 0) is 37.6 Å². The molecule has 1 aliphatic heterocycles. The first-order valence-electron chi connectivity index (χ1n) is 7.33. The predicted octanol–water partition coefficient (Wildman–Crippen LogP) is 3.63. The van der Waals surface area contributed by atoms with E-state index >= 15 is 0 Å². The smallest absolute Gasteiger partial charge is 0.320 e. The number of carboxylic acids is 1. The molecule has 1 atom stereocenters. The number of hydrogen-bond acceptors (Lipinski definition) is 5. The lowest BCUT2D eigenvalue weighted by atomic mass is 10.2. The fourth-order valence-electron chi connectivity index (χ4n) is 2.85. The Bertz CT molecular complexity index is 719. The zero-order valence-corrected chi connectivity index (χ0v) is 15.1. The predicted molar refractivity (Wildman–Crippen MR) is 92.9 cm³/mol. The van der Waals surface area contributed by atoms with Crippen molar-refractivity contribution in [2.45, 2.75) is 25.4 Å². The van der Waals surface area contributed by atoms with Crippen molar-refractivity contribution in [2.75, 3.05) is 13.7 Å². The van der Waals surface area contributed by atoms with E-state index in [0.29, 0.717) is 13.0 Å². The van der Waals surface area contributed by atoms with E-state index in [1.54, 1.807) is 18.4 Å². The molecule has 1 saturated heterocycles. The van der Waals surface area contributed by atoms with Crippen molar-refractivity contribution in [3.8, 4) is 16.3 Å². The SMILES string of the molecule is COc1ccc(Br)cc1-c1nc(CN2CCCC2C(=O)O)cs1. The van der Waals surface area contributed by atoms with Crippen LogP contribution in [0.1, 0.15) is 18.5 Å². The van der Waals surface area contributed by atoms with Gasteiger partial charge in [0.25, 0.3) is 0 Å². The number of rotatable bonds is 5. The molecule has 7 heteroatoms. The molecule has 3 rings (SSSR count). The Balaban J connectivity index is 1.81. The normalized spacial score (nSPS) is 18.3. The van der Waals surface area contributed by atoms with Gasteiger partial charge in [0.2, 0.25) is 0 Å². The third kappa shape index (κ3) is 3.57. The molecule has 5 nitrogen and oxygen atoms in total. The summed E-state index contributed by atoms with van der Waals surface area (Å²) in [4.78, 5) is 17.9. The van der Waals surface area contributed by atoms with Crippen molar-refractivity contribution >= 4 is 33.2 Å². The average Bonchev–Trinajstić information content (AvgIpc) is 3.17. The molecular weight excluding hydrogens is 380 g/mol. The summed E-state index contributed by atoms with van der Waals surface area (Å²) in [5, 5.41) is 12.1. The van der Waals surface area contributed by atoms with Crippen LogP contribution in [-0.4, -0.2) is 40.7 Å². The molecule has 1 unspecified atom stereocenters. The quantitative estimate of drug-likeness (QED) is 0.835. The molecule has 1 aliphatic rings. The molecule has 0 spiro atoms. The molecule has 1 aromatic heterocycles. The molecule has 0 aliphatic carbocycles. The topological polar surface area (TPSA) is 62.7 Å². The first kappa shape index (κ1) is 16.4. The van der Waals surface area contributed by atoms with Crippen LogP contribution in [0.4, 0.5) is 0 Å². The summed E-state index contributed by atoms with van der Waals surface area (Å²) >= 11 is 5.02. The van der Waals surface area contributed by atoms with Gasteiger partial charge in [-0.1, -0.05) is 15.9 Å². The summed E-state index contributed by atoms with van der Waals surface area (Å²) < 4.78 is 6.37. The minimum atomic E-state index is -0.744. The van der Waals surface area contributed by atoms with E-state index < -0.39 is 5.97 Å². The zero-order chi connectivity index (χ0) is 16.4. The number of halogens is 1. The number of aliphatic carboxylic acids is 1. The number of nitrogens with zero attached hydrogens (tertiary/aromatic N) is 2. The highest BCUT2D eigenvalue weighted by molar-refractivity contribution is 9.10. The largest absolute Gasteiger partial charge is 0.496 e. The monoisotopic (exact) mass is 396 g/mol. The maximum absolute atomic E-state index is 11.3. The Kier molecular flexibility index (Phi) is 4.99. The standard InChI is InChI=1S/C16H17BrN2O3S/c1-22-14-5-4-10(17)7-12(14)15-18-11(9-23-15)8-19-6-2-3-13(19)16(20)21/h4-5,7,9,13H,2-3,6,8H2,1H3,(H,20,21). The van der Waals surface area contributed by atoms with Crippen LogP contribution in [0.2, 0.25) is 0 Å². The highest BCUT2D eigenvalue weighted by Gasteiger charge is 2.30. The van der Waals surface area contributed by atoms with Crippen molar-refractivity contribution in [1.82, 2.24) is 9.88 Å². The third-order valence-electron chi connectivity index (χ3n) is 3.96. The Morgan fingerprint density at radius 3 is 3.13 bits per heavy atom. The Morgan fingerprint density at radius 2 is 2.39 bits per heavy atom. The molecule has 0 amide bonds. The van der Waals surface area contributed by atoms with Crippen LogP contribution in [0.3, 0.4) is 0 Å². The van der Waals surface area contributed by atoms with Gasteiger partial charge in [0, 0.05) is 16.4 Å². The first-order chi connectivity index (χ1) is 11.1. The second-order valence-electron chi connectivity index (χ2n) is 5.46. The highest BCUT2D eigenvalue weighted by Crippen LogP contribution is 2.35. The second kappa shape index (κ2) is 6.98. The average molecular weight is 397 g/mol. The summed E-state index contributed by atoms with van der Waals surface area (Å²) in [6.07, 6.45) is 1.64. The van der Waals surface area contributed by atoms with E-state index in [4.69, 9.17) is 4.74 Å². The van der Waals surface area contributed by atoms with E-state index in [0.717, 1.165) is 39.5 Å². The molecule has 0 radical (unpaired) electrons. The number of hydrogen-bond donors (Lipinski definition) is 1. The van der Waals surface area contributed by atoms with Crippen LogP contribution in [0, 0.1) is 0 Å². The van der Waals surface area contributed by atoms with Gasteiger partial charge in [0.05, 0.1) is 18.4 Å². The van der Waals surface area contributed by atoms with Crippen LogP contribution in [-0.2, 0) is 11.3 Å². The van der Waals surface area contributed by atoms with Crippen LogP contribution < -0.4 is 4.74 Å². The second-order valence-corrected chi connectivity index (χ2v) is 7.23. The Morgan fingerprint density at radius 1 is 1.57 bits per heavy atom. The van der Waals surface area contributed by atoms with Gasteiger partial charge in [-0.25, -0.2) is 4.98 Å². The number of likely N-dealkylation sites (tertiary alicyclic amines) is 1. The minimum absolute atomic E-state index is 0.388. The summed E-state index contributed by atoms with van der Waals surface area (Å²) in [6.45, 7) is 1.38. The van der Waals surface area contributed by atoms with Crippen molar-refractivity contribution in [1.29, 1.82) is 0 Å². The lowest BCUT2D eigenvalue weighted by molar-refractivity contribution is -0.142. The van der Waals surface area contributed by atoms with E-state index in [2.05, 4.69) is 20.9 Å². The number of methoxy groups -OCH3 is 1. The fourth-order valence-corrected chi connectivity index (χ4v) is 4.05. The summed E-state index contributed by atoms with van der Waals surface area (Å²) in [6, 6.07) is 5.43. The van der Waals surface area contributed by atoms with Crippen molar-refractivity contribution < 1.29 is 14.6 Å².